The lowest BCUT2D eigenvalue weighted by atomic mass is 9.78. The van der Waals surface area contributed by atoms with Gasteiger partial charge in [-0.15, -0.1) is 0 Å². The van der Waals surface area contributed by atoms with E-state index in [1.807, 2.05) is 36.4 Å². The molecule has 94 valence electrons. The van der Waals surface area contributed by atoms with Gasteiger partial charge in [0.1, 0.15) is 0 Å². The second kappa shape index (κ2) is 4.92. The van der Waals surface area contributed by atoms with Crippen LogP contribution in [-0.4, -0.2) is 10.2 Å². The van der Waals surface area contributed by atoms with Crippen LogP contribution in [-0.2, 0) is 5.41 Å². The summed E-state index contributed by atoms with van der Waals surface area (Å²) in [6.45, 7) is 4.26. The van der Waals surface area contributed by atoms with Crippen molar-refractivity contribution in [2.75, 3.05) is 0 Å². The Morgan fingerprint density at radius 3 is 2.06 bits per heavy atom. The molecule has 0 aliphatic heterocycles. The lowest BCUT2D eigenvalue weighted by Gasteiger charge is -2.26. The summed E-state index contributed by atoms with van der Waals surface area (Å²) in [5.74, 6) is 0. The van der Waals surface area contributed by atoms with Crippen molar-refractivity contribution in [3.63, 3.8) is 0 Å². The molecule has 2 nitrogen and oxygen atoms in total. The first kappa shape index (κ1) is 12.8. The zero-order chi connectivity index (χ0) is 13.2. The van der Waals surface area contributed by atoms with E-state index in [1.165, 1.54) is 5.56 Å². The molecule has 0 fully saturated rings. The summed E-state index contributed by atoms with van der Waals surface area (Å²) in [4.78, 5) is 0. The summed E-state index contributed by atoms with van der Waals surface area (Å²) in [5, 5.41) is 18.5. The normalized spacial score (nSPS) is 11.8. The Labute approximate surface area is 108 Å². The summed E-state index contributed by atoms with van der Waals surface area (Å²) in [5.41, 5.74) is 2.64. The topological polar surface area (TPSA) is 40.5 Å². The van der Waals surface area contributed by atoms with Crippen LogP contribution >= 0.6 is 0 Å². The van der Waals surface area contributed by atoms with Gasteiger partial charge in [-0.05, 0) is 17.2 Å². The third kappa shape index (κ3) is 2.45. The Morgan fingerprint density at radius 2 is 1.44 bits per heavy atom. The van der Waals surface area contributed by atoms with Gasteiger partial charge in [0, 0.05) is 11.0 Å². The molecule has 2 N–H and O–H groups in total. The maximum absolute atomic E-state index is 9.24. The van der Waals surface area contributed by atoms with Crippen LogP contribution < -0.4 is 0 Å². The van der Waals surface area contributed by atoms with Gasteiger partial charge in [0.25, 0.3) is 0 Å². The third-order valence-corrected chi connectivity index (χ3v) is 3.40. The van der Waals surface area contributed by atoms with Crippen molar-refractivity contribution in [2.45, 2.75) is 25.6 Å². The van der Waals surface area contributed by atoms with Gasteiger partial charge in [-0.25, -0.2) is 0 Å². The van der Waals surface area contributed by atoms with E-state index >= 15 is 0 Å². The van der Waals surface area contributed by atoms with Gasteiger partial charge in [-0.2, -0.15) is 0 Å². The molecule has 0 unspecified atom stereocenters. The van der Waals surface area contributed by atoms with Crippen molar-refractivity contribution < 1.29 is 10.2 Å². The van der Waals surface area contributed by atoms with Crippen molar-refractivity contribution in [1.82, 2.24) is 0 Å². The minimum Gasteiger partial charge on any atom is -0.364 e. The fraction of sp³-hybridized carbons (Fsp3) is 0.250. The molecule has 0 aromatic heterocycles. The number of aliphatic hydroxyl groups excluding tert-OH is 1. The molecule has 0 heterocycles. The smallest absolute Gasteiger partial charge is 0.178 e. The number of rotatable bonds is 3. The minimum atomic E-state index is -1.42. The average molecular weight is 242 g/mol. The highest BCUT2D eigenvalue weighted by atomic mass is 16.5. The van der Waals surface area contributed by atoms with Crippen molar-refractivity contribution in [3.8, 4) is 0 Å². The Hall–Kier alpha value is -1.64. The first-order valence-electron chi connectivity index (χ1n) is 6.04. The quantitative estimate of drug-likeness (QED) is 0.812. The molecule has 0 amide bonds. The van der Waals surface area contributed by atoms with Crippen LogP contribution in [0.25, 0.3) is 0 Å². The molecule has 0 saturated heterocycles. The van der Waals surface area contributed by atoms with E-state index < -0.39 is 6.29 Å². The SMILES string of the molecule is CC(C)(c1ccccc1)c1cccc(C(O)O)c1. The maximum Gasteiger partial charge on any atom is 0.178 e. The molecule has 0 atom stereocenters. The van der Waals surface area contributed by atoms with Crippen LogP contribution in [0.1, 0.15) is 36.8 Å². The molecule has 2 aromatic rings. The van der Waals surface area contributed by atoms with Crippen molar-refractivity contribution >= 4 is 0 Å². The van der Waals surface area contributed by atoms with Crippen LogP contribution in [0.15, 0.2) is 54.6 Å². The van der Waals surface area contributed by atoms with Crippen LogP contribution in [0.5, 0.6) is 0 Å². The predicted octanol–water partition coefficient (Wildman–Crippen LogP) is 3.00. The zero-order valence-corrected chi connectivity index (χ0v) is 10.7. The van der Waals surface area contributed by atoms with Crippen molar-refractivity contribution in [2.24, 2.45) is 0 Å². The number of aliphatic hydroxyl groups is 2. The molecule has 0 radical (unpaired) electrons. The third-order valence-electron chi connectivity index (χ3n) is 3.40. The molecule has 0 aliphatic carbocycles. The standard InChI is InChI=1S/C16H18O2/c1-16(2,13-8-4-3-5-9-13)14-10-6-7-12(11-14)15(17)18/h3-11,15,17-18H,1-2H3. The van der Waals surface area contributed by atoms with Gasteiger partial charge in [-0.1, -0.05) is 62.4 Å². The van der Waals surface area contributed by atoms with Gasteiger partial charge >= 0.3 is 0 Å². The van der Waals surface area contributed by atoms with Crippen LogP contribution in [0.4, 0.5) is 0 Å². The summed E-state index contributed by atoms with van der Waals surface area (Å²) in [7, 11) is 0. The van der Waals surface area contributed by atoms with Crippen LogP contribution in [0.3, 0.4) is 0 Å². The van der Waals surface area contributed by atoms with Crippen molar-refractivity contribution in [3.05, 3.63) is 71.3 Å². The summed E-state index contributed by atoms with van der Waals surface area (Å²) in [6, 6.07) is 17.6. The second-order valence-corrected chi connectivity index (χ2v) is 4.99. The largest absolute Gasteiger partial charge is 0.364 e. The Bertz CT molecular complexity index is 516. The molecule has 0 bridgehead atoms. The Morgan fingerprint density at radius 1 is 0.833 bits per heavy atom. The minimum absolute atomic E-state index is 0.161. The Kier molecular flexibility index (Phi) is 3.50. The second-order valence-electron chi connectivity index (χ2n) is 4.99. The molecule has 0 aliphatic rings. The molecule has 2 heteroatoms. The lowest BCUT2D eigenvalue weighted by molar-refractivity contribution is -0.0425. The first-order chi connectivity index (χ1) is 8.51. The first-order valence-corrected chi connectivity index (χ1v) is 6.04. The fourth-order valence-electron chi connectivity index (χ4n) is 2.11. The molecule has 2 rings (SSSR count). The molecular weight excluding hydrogens is 224 g/mol. The van der Waals surface area contributed by atoms with E-state index in [0.29, 0.717) is 5.56 Å². The van der Waals surface area contributed by atoms with Gasteiger partial charge < -0.3 is 10.2 Å². The summed E-state index contributed by atoms with van der Waals surface area (Å²) in [6.07, 6.45) is -1.42. The van der Waals surface area contributed by atoms with E-state index in [1.54, 1.807) is 6.07 Å². The molecule has 0 saturated carbocycles. The van der Waals surface area contributed by atoms with Crippen LogP contribution in [0, 0.1) is 0 Å². The van der Waals surface area contributed by atoms with Gasteiger partial charge in [-0.3, -0.25) is 0 Å². The van der Waals surface area contributed by atoms with Crippen molar-refractivity contribution in [1.29, 1.82) is 0 Å². The fourth-order valence-corrected chi connectivity index (χ4v) is 2.11. The van der Waals surface area contributed by atoms with E-state index in [9.17, 15) is 10.2 Å². The average Bonchev–Trinajstić information content (AvgIpc) is 2.40. The zero-order valence-electron chi connectivity index (χ0n) is 10.7. The summed E-state index contributed by atoms with van der Waals surface area (Å²) < 4.78 is 0. The van der Waals surface area contributed by atoms with E-state index in [2.05, 4.69) is 26.0 Å². The summed E-state index contributed by atoms with van der Waals surface area (Å²) >= 11 is 0. The highest BCUT2D eigenvalue weighted by Gasteiger charge is 2.23. The van der Waals surface area contributed by atoms with E-state index in [4.69, 9.17) is 0 Å². The monoisotopic (exact) mass is 242 g/mol. The molecular formula is C16H18O2. The number of hydrogen-bond donors (Lipinski definition) is 2. The maximum atomic E-state index is 9.24. The predicted molar refractivity (Wildman–Crippen MR) is 72.2 cm³/mol. The van der Waals surface area contributed by atoms with Gasteiger partial charge in [0.05, 0.1) is 0 Å². The Balaban J connectivity index is 2.44. The molecule has 18 heavy (non-hydrogen) atoms. The highest BCUT2D eigenvalue weighted by molar-refractivity contribution is 5.39. The molecule has 2 aromatic carbocycles. The highest BCUT2D eigenvalue weighted by Crippen LogP contribution is 2.32. The lowest BCUT2D eigenvalue weighted by Crippen LogP contribution is -2.19. The van der Waals surface area contributed by atoms with Crippen LogP contribution in [0.2, 0.25) is 0 Å². The van der Waals surface area contributed by atoms with Gasteiger partial charge in [0.15, 0.2) is 6.29 Å². The van der Waals surface area contributed by atoms with E-state index in [-0.39, 0.29) is 5.41 Å². The van der Waals surface area contributed by atoms with Gasteiger partial charge in [0.2, 0.25) is 0 Å². The number of hydrogen-bond acceptors (Lipinski definition) is 2. The van der Waals surface area contributed by atoms with E-state index in [0.717, 1.165) is 5.56 Å². The molecule has 0 spiro atoms. The number of benzene rings is 2.